The number of hydrogen-bond donors (Lipinski definition) is 2. The predicted octanol–water partition coefficient (Wildman–Crippen LogP) is 1.75. The van der Waals surface area contributed by atoms with Gasteiger partial charge in [-0.2, -0.15) is 0 Å². The third-order valence-corrected chi connectivity index (χ3v) is 3.38. The molecule has 2 rings (SSSR count). The van der Waals surface area contributed by atoms with E-state index in [1.807, 2.05) is 25.1 Å². The van der Waals surface area contributed by atoms with Crippen molar-refractivity contribution in [2.24, 2.45) is 0 Å². The van der Waals surface area contributed by atoms with Crippen LogP contribution in [-0.2, 0) is 6.42 Å². The van der Waals surface area contributed by atoms with Gasteiger partial charge in [-0.15, -0.1) is 0 Å². The van der Waals surface area contributed by atoms with Crippen LogP contribution in [0.15, 0.2) is 18.2 Å². The van der Waals surface area contributed by atoms with E-state index in [1.54, 1.807) is 14.2 Å². The van der Waals surface area contributed by atoms with Crippen molar-refractivity contribution in [1.82, 2.24) is 5.32 Å². The van der Waals surface area contributed by atoms with Crippen LogP contribution in [0.3, 0.4) is 0 Å². The lowest BCUT2D eigenvalue weighted by Crippen LogP contribution is -2.40. The van der Waals surface area contributed by atoms with Crippen LogP contribution < -0.4 is 14.8 Å². The lowest BCUT2D eigenvalue weighted by Gasteiger charge is -2.24. The number of aliphatic hydroxyl groups is 1. The van der Waals surface area contributed by atoms with Gasteiger partial charge >= 0.3 is 0 Å². The fourth-order valence-corrected chi connectivity index (χ4v) is 2.14. The van der Waals surface area contributed by atoms with Crippen LogP contribution in [0.1, 0.15) is 25.3 Å². The molecule has 1 aromatic rings. The van der Waals surface area contributed by atoms with E-state index in [0.717, 1.165) is 5.56 Å². The fourth-order valence-electron chi connectivity index (χ4n) is 2.14. The smallest absolute Gasteiger partial charge is 0.160 e. The van der Waals surface area contributed by atoms with Gasteiger partial charge in [0.2, 0.25) is 0 Å². The van der Waals surface area contributed by atoms with Crippen LogP contribution in [0.4, 0.5) is 0 Å². The number of methoxy groups -OCH3 is 2. The van der Waals surface area contributed by atoms with Crippen molar-refractivity contribution in [1.29, 1.82) is 0 Å². The maximum atomic E-state index is 10.4. The molecule has 1 unspecified atom stereocenters. The van der Waals surface area contributed by atoms with Crippen LogP contribution >= 0.6 is 0 Å². The molecule has 1 fully saturated rings. The first kappa shape index (κ1) is 14.2. The second kappa shape index (κ2) is 5.80. The van der Waals surface area contributed by atoms with Gasteiger partial charge in [0.25, 0.3) is 0 Å². The zero-order valence-electron chi connectivity index (χ0n) is 11.9. The quantitative estimate of drug-likeness (QED) is 0.788. The third kappa shape index (κ3) is 4.11. The first-order chi connectivity index (χ1) is 9.04. The minimum Gasteiger partial charge on any atom is -0.493 e. The highest BCUT2D eigenvalue weighted by atomic mass is 16.5. The van der Waals surface area contributed by atoms with Gasteiger partial charge in [-0.3, -0.25) is 0 Å². The second-order valence-corrected chi connectivity index (χ2v) is 5.52. The molecule has 0 aliphatic heterocycles. The van der Waals surface area contributed by atoms with E-state index in [4.69, 9.17) is 9.47 Å². The Morgan fingerprint density at radius 1 is 1.26 bits per heavy atom. The molecule has 19 heavy (non-hydrogen) atoms. The highest BCUT2D eigenvalue weighted by Crippen LogP contribution is 2.29. The Morgan fingerprint density at radius 3 is 2.53 bits per heavy atom. The van der Waals surface area contributed by atoms with Gasteiger partial charge in [-0.1, -0.05) is 6.07 Å². The molecule has 0 aromatic heterocycles. The first-order valence-electron chi connectivity index (χ1n) is 6.71. The molecule has 1 saturated carbocycles. The van der Waals surface area contributed by atoms with Gasteiger partial charge in [0.15, 0.2) is 11.5 Å². The van der Waals surface area contributed by atoms with Crippen LogP contribution in [0.5, 0.6) is 11.5 Å². The van der Waals surface area contributed by atoms with Crippen molar-refractivity contribution in [3.63, 3.8) is 0 Å². The molecule has 1 aromatic carbocycles. The molecule has 1 aliphatic rings. The highest BCUT2D eigenvalue weighted by molar-refractivity contribution is 5.43. The standard InChI is InChI=1S/C15H23NO3/c1-15(17,10-16-12-5-6-12)9-11-4-7-13(18-2)14(8-11)19-3/h4,7-8,12,16-17H,5-6,9-10H2,1-3H3. The molecule has 2 N–H and O–H groups in total. The zero-order chi connectivity index (χ0) is 13.9. The van der Waals surface area contributed by atoms with Crippen LogP contribution in [0.2, 0.25) is 0 Å². The SMILES string of the molecule is COc1ccc(CC(C)(O)CNC2CC2)cc1OC. The maximum absolute atomic E-state index is 10.4. The van der Waals surface area contributed by atoms with E-state index in [0.29, 0.717) is 30.5 Å². The Kier molecular flexibility index (Phi) is 4.32. The van der Waals surface area contributed by atoms with E-state index < -0.39 is 5.60 Å². The molecule has 0 spiro atoms. The monoisotopic (exact) mass is 265 g/mol. The molecule has 4 nitrogen and oxygen atoms in total. The Morgan fingerprint density at radius 2 is 1.95 bits per heavy atom. The summed E-state index contributed by atoms with van der Waals surface area (Å²) in [6.45, 7) is 2.48. The summed E-state index contributed by atoms with van der Waals surface area (Å²) in [7, 11) is 3.24. The predicted molar refractivity (Wildman–Crippen MR) is 74.9 cm³/mol. The van der Waals surface area contributed by atoms with Crippen molar-refractivity contribution in [2.75, 3.05) is 20.8 Å². The molecule has 1 atom stereocenters. The summed E-state index contributed by atoms with van der Waals surface area (Å²) >= 11 is 0. The molecule has 0 heterocycles. The lowest BCUT2D eigenvalue weighted by atomic mass is 9.96. The normalized spacial score (nSPS) is 17.9. The largest absolute Gasteiger partial charge is 0.493 e. The molecular formula is C15H23NO3. The van der Waals surface area contributed by atoms with E-state index in [9.17, 15) is 5.11 Å². The second-order valence-electron chi connectivity index (χ2n) is 5.52. The lowest BCUT2D eigenvalue weighted by molar-refractivity contribution is 0.0597. The molecule has 0 bridgehead atoms. The molecule has 4 heteroatoms. The Balaban J connectivity index is 2.00. The van der Waals surface area contributed by atoms with Crippen molar-refractivity contribution < 1.29 is 14.6 Å². The summed E-state index contributed by atoms with van der Waals surface area (Å²) in [6.07, 6.45) is 3.05. The molecular weight excluding hydrogens is 242 g/mol. The number of rotatable bonds is 7. The summed E-state index contributed by atoms with van der Waals surface area (Å²) in [5.41, 5.74) is 0.294. The van der Waals surface area contributed by atoms with Crippen molar-refractivity contribution in [2.45, 2.75) is 37.8 Å². The number of nitrogens with one attached hydrogen (secondary N) is 1. The van der Waals surface area contributed by atoms with E-state index in [1.165, 1.54) is 12.8 Å². The van der Waals surface area contributed by atoms with E-state index in [-0.39, 0.29) is 0 Å². The minimum atomic E-state index is -0.748. The number of hydrogen-bond acceptors (Lipinski definition) is 4. The van der Waals surface area contributed by atoms with Crippen molar-refractivity contribution in [3.05, 3.63) is 23.8 Å². The van der Waals surface area contributed by atoms with Gasteiger partial charge in [-0.05, 0) is 37.5 Å². The van der Waals surface area contributed by atoms with Crippen molar-refractivity contribution >= 4 is 0 Å². The van der Waals surface area contributed by atoms with Crippen LogP contribution in [0.25, 0.3) is 0 Å². The summed E-state index contributed by atoms with van der Waals surface area (Å²) in [6, 6.07) is 6.37. The first-order valence-corrected chi connectivity index (χ1v) is 6.71. The Labute approximate surface area is 114 Å². The molecule has 0 amide bonds. The van der Waals surface area contributed by atoms with Gasteiger partial charge in [0.1, 0.15) is 0 Å². The molecule has 106 valence electrons. The Bertz CT molecular complexity index is 427. The minimum absolute atomic E-state index is 0.590. The summed E-state index contributed by atoms with van der Waals surface area (Å²) < 4.78 is 10.5. The van der Waals surface area contributed by atoms with Crippen molar-refractivity contribution in [3.8, 4) is 11.5 Å². The summed E-state index contributed by atoms with van der Waals surface area (Å²) in [5.74, 6) is 1.41. The molecule has 0 saturated heterocycles. The summed E-state index contributed by atoms with van der Waals surface area (Å²) in [4.78, 5) is 0. The van der Waals surface area contributed by atoms with Gasteiger partial charge in [0, 0.05) is 19.0 Å². The van der Waals surface area contributed by atoms with Gasteiger partial charge in [-0.25, -0.2) is 0 Å². The van der Waals surface area contributed by atoms with Crippen LogP contribution in [-0.4, -0.2) is 37.5 Å². The Hall–Kier alpha value is -1.26. The fraction of sp³-hybridized carbons (Fsp3) is 0.600. The number of benzene rings is 1. The van der Waals surface area contributed by atoms with Gasteiger partial charge < -0.3 is 19.9 Å². The third-order valence-electron chi connectivity index (χ3n) is 3.38. The van der Waals surface area contributed by atoms with Gasteiger partial charge in [0.05, 0.1) is 19.8 Å². The molecule has 0 radical (unpaired) electrons. The van der Waals surface area contributed by atoms with E-state index >= 15 is 0 Å². The van der Waals surface area contributed by atoms with E-state index in [2.05, 4.69) is 5.32 Å². The maximum Gasteiger partial charge on any atom is 0.160 e. The highest BCUT2D eigenvalue weighted by Gasteiger charge is 2.27. The van der Waals surface area contributed by atoms with Crippen LogP contribution in [0, 0.1) is 0 Å². The average Bonchev–Trinajstić information content (AvgIpc) is 3.20. The average molecular weight is 265 g/mol. The zero-order valence-corrected chi connectivity index (χ0v) is 11.9. The summed E-state index contributed by atoms with van der Waals surface area (Å²) in [5, 5.41) is 13.8. The number of ether oxygens (including phenoxy) is 2. The topological polar surface area (TPSA) is 50.7 Å². The molecule has 1 aliphatic carbocycles.